The van der Waals surface area contributed by atoms with E-state index in [-0.39, 0.29) is 22.7 Å². The van der Waals surface area contributed by atoms with Crippen LogP contribution in [-0.4, -0.2) is 32.2 Å². The van der Waals surface area contributed by atoms with Gasteiger partial charge in [0.1, 0.15) is 28.9 Å². The zero-order valence-electron chi connectivity index (χ0n) is 15.4. The van der Waals surface area contributed by atoms with Gasteiger partial charge in [0, 0.05) is 17.7 Å². The van der Waals surface area contributed by atoms with Crippen LogP contribution in [0.1, 0.15) is 5.56 Å². The van der Waals surface area contributed by atoms with Gasteiger partial charge in [0.05, 0.1) is 31.9 Å². The number of hydrogen-bond acceptors (Lipinski definition) is 7. The fraction of sp³-hybridized carbons (Fsp3) is 0.158. The Bertz CT molecular complexity index is 978. The number of nitro groups is 1. The van der Waals surface area contributed by atoms with Crippen LogP contribution in [0.3, 0.4) is 0 Å². The summed E-state index contributed by atoms with van der Waals surface area (Å²) in [5, 5.41) is 22.8. The number of amides is 1. The third-order valence-electron chi connectivity index (χ3n) is 3.74. The Morgan fingerprint density at radius 3 is 2.36 bits per heavy atom. The molecule has 0 spiro atoms. The number of non-ortho nitro benzene ring substituents is 1. The van der Waals surface area contributed by atoms with Gasteiger partial charge in [-0.05, 0) is 30.3 Å². The van der Waals surface area contributed by atoms with Gasteiger partial charge in [0.2, 0.25) is 0 Å². The number of carbonyl (C=O) groups is 1. The number of nitrogens with one attached hydrogen (secondary N) is 1. The molecule has 0 radical (unpaired) electrons. The van der Waals surface area contributed by atoms with Crippen LogP contribution in [0.2, 0.25) is 0 Å². The molecule has 0 aliphatic carbocycles. The Morgan fingerprint density at radius 1 is 1.11 bits per heavy atom. The van der Waals surface area contributed by atoms with Crippen molar-refractivity contribution < 1.29 is 23.9 Å². The Hall–Kier alpha value is -4.06. The normalized spacial score (nSPS) is 10.6. The minimum Gasteiger partial charge on any atom is -0.497 e. The summed E-state index contributed by atoms with van der Waals surface area (Å²) in [6.07, 6.45) is 1.33. The number of nitriles is 1. The number of anilines is 1. The summed E-state index contributed by atoms with van der Waals surface area (Å²) in [5.41, 5.74) is 0.0631. The predicted octanol–water partition coefficient (Wildman–Crippen LogP) is 3.17. The van der Waals surface area contributed by atoms with Gasteiger partial charge in [0.15, 0.2) is 0 Å². The third kappa shape index (κ3) is 4.56. The molecule has 0 unspecified atom stereocenters. The van der Waals surface area contributed by atoms with Gasteiger partial charge in [-0.2, -0.15) is 5.26 Å². The average molecular weight is 383 g/mol. The summed E-state index contributed by atoms with van der Waals surface area (Å²) in [6.45, 7) is 0. The molecule has 28 heavy (non-hydrogen) atoms. The van der Waals surface area contributed by atoms with Crippen LogP contribution in [-0.2, 0) is 4.79 Å². The molecule has 144 valence electrons. The van der Waals surface area contributed by atoms with Crippen molar-refractivity contribution in [2.24, 2.45) is 0 Å². The Balaban J connectivity index is 2.40. The van der Waals surface area contributed by atoms with Crippen LogP contribution in [0.25, 0.3) is 6.08 Å². The van der Waals surface area contributed by atoms with E-state index in [9.17, 15) is 20.2 Å². The zero-order valence-corrected chi connectivity index (χ0v) is 15.4. The van der Waals surface area contributed by atoms with E-state index in [1.54, 1.807) is 18.2 Å². The first-order valence-corrected chi connectivity index (χ1v) is 7.91. The van der Waals surface area contributed by atoms with Gasteiger partial charge in [-0.15, -0.1) is 0 Å². The molecule has 0 saturated carbocycles. The number of hydrogen-bond donors (Lipinski definition) is 1. The van der Waals surface area contributed by atoms with Crippen LogP contribution in [0.15, 0.2) is 42.0 Å². The first kappa shape index (κ1) is 20.3. The second-order valence-corrected chi connectivity index (χ2v) is 5.37. The highest BCUT2D eigenvalue weighted by Crippen LogP contribution is 2.30. The number of carbonyl (C=O) groups excluding carboxylic acids is 1. The molecule has 9 heteroatoms. The van der Waals surface area contributed by atoms with Crippen molar-refractivity contribution in [3.63, 3.8) is 0 Å². The van der Waals surface area contributed by atoms with E-state index in [0.29, 0.717) is 17.1 Å². The van der Waals surface area contributed by atoms with Crippen LogP contribution < -0.4 is 19.5 Å². The van der Waals surface area contributed by atoms with E-state index in [1.165, 1.54) is 39.5 Å². The van der Waals surface area contributed by atoms with Crippen molar-refractivity contribution in [2.75, 3.05) is 26.6 Å². The van der Waals surface area contributed by atoms with Crippen molar-refractivity contribution in [3.8, 4) is 23.3 Å². The molecule has 0 saturated heterocycles. The van der Waals surface area contributed by atoms with Crippen molar-refractivity contribution >= 4 is 23.4 Å². The molecule has 0 aliphatic heterocycles. The molecule has 0 fully saturated rings. The maximum atomic E-state index is 12.6. The topological polar surface area (TPSA) is 124 Å². The van der Waals surface area contributed by atoms with Crippen LogP contribution in [0.5, 0.6) is 17.2 Å². The van der Waals surface area contributed by atoms with E-state index in [4.69, 9.17) is 14.2 Å². The fourth-order valence-electron chi connectivity index (χ4n) is 2.35. The average Bonchev–Trinajstić information content (AvgIpc) is 2.71. The van der Waals surface area contributed by atoms with E-state index >= 15 is 0 Å². The maximum absolute atomic E-state index is 12.6. The van der Waals surface area contributed by atoms with Gasteiger partial charge in [0.25, 0.3) is 11.6 Å². The van der Waals surface area contributed by atoms with Crippen LogP contribution in [0, 0.1) is 21.4 Å². The lowest BCUT2D eigenvalue weighted by atomic mass is 10.1. The van der Waals surface area contributed by atoms with Gasteiger partial charge in [-0.3, -0.25) is 14.9 Å². The maximum Gasteiger partial charge on any atom is 0.271 e. The summed E-state index contributed by atoms with van der Waals surface area (Å²) in [6, 6.07) is 10.5. The molecule has 0 aliphatic rings. The van der Waals surface area contributed by atoms with Crippen molar-refractivity contribution in [2.45, 2.75) is 0 Å². The molecular formula is C19H17N3O6. The number of benzene rings is 2. The Labute approximate surface area is 160 Å². The fourth-order valence-corrected chi connectivity index (χ4v) is 2.35. The zero-order chi connectivity index (χ0) is 20.7. The summed E-state index contributed by atoms with van der Waals surface area (Å²) >= 11 is 0. The molecule has 0 bridgehead atoms. The smallest absolute Gasteiger partial charge is 0.271 e. The first-order chi connectivity index (χ1) is 13.4. The molecular weight excluding hydrogens is 366 g/mol. The molecule has 0 aromatic heterocycles. The lowest BCUT2D eigenvalue weighted by molar-refractivity contribution is -0.384. The summed E-state index contributed by atoms with van der Waals surface area (Å²) in [4.78, 5) is 22.9. The van der Waals surface area contributed by atoms with Crippen molar-refractivity contribution in [3.05, 3.63) is 57.6 Å². The van der Waals surface area contributed by atoms with E-state index in [2.05, 4.69) is 5.32 Å². The first-order valence-electron chi connectivity index (χ1n) is 7.91. The highest BCUT2D eigenvalue weighted by Gasteiger charge is 2.17. The third-order valence-corrected chi connectivity index (χ3v) is 3.74. The molecule has 2 aromatic rings. The second kappa shape index (κ2) is 9.05. The summed E-state index contributed by atoms with van der Waals surface area (Å²) in [5.74, 6) is 0.417. The largest absolute Gasteiger partial charge is 0.497 e. The molecule has 0 atom stereocenters. The summed E-state index contributed by atoms with van der Waals surface area (Å²) in [7, 11) is 4.31. The molecule has 2 rings (SSSR count). The number of rotatable bonds is 7. The Morgan fingerprint density at radius 2 is 1.79 bits per heavy atom. The standard InChI is InChI=1S/C19H17N3O6/c1-26-15-5-7-17(27-2)12(9-15)8-13(11-20)19(23)21-16-10-14(22(24)25)4-6-18(16)28-3/h4-10H,1-3H3,(H,21,23)/b13-8+. The molecule has 9 nitrogen and oxygen atoms in total. The van der Waals surface area contributed by atoms with E-state index in [0.717, 1.165) is 6.07 Å². The molecule has 2 aromatic carbocycles. The number of nitrogens with zero attached hydrogens (tertiary/aromatic N) is 2. The monoisotopic (exact) mass is 383 g/mol. The van der Waals surface area contributed by atoms with E-state index in [1.807, 2.05) is 6.07 Å². The molecule has 0 heterocycles. The van der Waals surface area contributed by atoms with Gasteiger partial charge >= 0.3 is 0 Å². The Kier molecular flexibility index (Phi) is 6.54. The van der Waals surface area contributed by atoms with E-state index < -0.39 is 10.8 Å². The molecule has 1 N–H and O–H groups in total. The van der Waals surface area contributed by atoms with Crippen molar-refractivity contribution in [1.82, 2.24) is 0 Å². The van der Waals surface area contributed by atoms with Crippen LogP contribution in [0.4, 0.5) is 11.4 Å². The SMILES string of the molecule is COc1ccc(OC)c(/C=C(\C#N)C(=O)Nc2cc([N+](=O)[O-])ccc2OC)c1. The lowest BCUT2D eigenvalue weighted by Crippen LogP contribution is -2.14. The minimum absolute atomic E-state index is 0.0699. The molecule has 1 amide bonds. The highest BCUT2D eigenvalue weighted by atomic mass is 16.6. The quantitative estimate of drug-likeness (QED) is 0.337. The van der Waals surface area contributed by atoms with Crippen LogP contribution >= 0.6 is 0 Å². The summed E-state index contributed by atoms with van der Waals surface area (Å²) < 4.78 is 15.5. The number of methoxy groups -OCH3 is 3. The number of nitro benzene ring substituents is 1. The second-order valence-electron chi connectivity index (χ2n) is 5.37. The minimum atomic E-state index is -0.758. The van der Waals surface area contributed by atoms with Gasteiger partial charge in [-0.1, -0.05) is 0 Å². The lowest BCUT2D eigenvalue weighted by Gasteiger charge is -2.10. The number of ether oxygens (including phenoxy) is 3. The predicted molar refractivity (Wildman–Crippen MR) is 101 cm³/mol. The van der Waals surface area contributed by atoms with Gasteiger partial charge in [-0.25, -0.2) is 0 Å². The highest BCUT2D eigenvalue weighted by molar-refractivity contribution is 6.10. The van der Waals surface area contributed by atoms with Crippen molar-refractivity contribution in [1.29, 1.82) is 5.26 Å². The van der Waals surface area contributed by atoms with Gasteiger partial charge < -0.3 is 19.5 Å².